The molecule has 1 saturated carbocycles. The number of hydrogen-bond acceptors (Lipinski definition) is 4. The van der Waals surface area contributed by atoms with Crippen LogP contribution in [-0.2, 0) is 9.53 Å². The Bertz CT molecular complexity index is 519. The highest BCUT2D eigenvalue weighted by atomic mass is 35.5. The first kappa shape index (κ1) is 20.9. The van der Waals surface area contributed by atoms with E-state index in [2.05, 4.69) is 36.3 Å². The van der Waals surface area contributed by atoms with Crippen molar-refractivity contribution in [2.45, 2.75) is 58.4 Å². The molecule has 24 heavy (non-hydrogen) atoms. The van der Waals surface area contributed by atoms with E-state index in [1.165, 1.54) is 32.8 Å². The second-order valence-corrected chi connectivity index (χ2v) is 7.67. The Balaban J connectivity index is 0.00000288. The molecule has 0 saturated heterocycles. The van der Waals surface area contributed by atoms with Gasteiger partial charge in [0.15, 0.2) is 5.82 Å². The van der Waals surface area contributed by atoms with Gasteiger partial charge in [-0.25, -0.2) is 0 Å². The number of H-pyrrole nitrogens is 1. The lowest BCUT2D eigenvalue weighted by Crippen LogP contribution is -2.39. The van der Waals surface area contributed by atoms with Gasteiger partial charge < -0.3 is 15.8 Å². The molecule has 0 aliphatic heterocycles. The van der Waals surface area contributed by atoms with Crippen molar-refractivity contribution in [3.8, 4) is 0 Å². The lowest BCUT2D eigenvalue weighted by atomic mass is 9.69. The normalized spacial score (nSPS) is 22.5. The summed E-state index contributed by atoms with van der Waals surface area (Å²) in [5, 5.41) is 9.99. The van der Waals surface area contributed by atoms with Gasteiger partial charge in [0, 0.05) is 24.8 Å². The molecule has 6 nitrogen and oxygen atoms in total. The van der Waals surface area contributed by atoms with Crippen molar-refractivity contribution in [1.82, 2.24) is 10.2 Å². The predicted molar refractivity (Wildman–Crippen MR) is 98.5 cm³/mol. The van der Waals surface area contributed by atoms with Crippen LogP contribution in [0.5, 0.6) is 0 Å². The summed E-state index contributed by atoms with van der Waals surface area (Å²) in [6, 6.07) is 1.25. The lowest BCUT2D eigenvalue weighted by molar-refractivity contribution is -0.118. The minimum Gasteiger partial charge on any atom is -0.383 e. The molecular formula is C17H31ClN4O2. The Morgan fingerprint density at radius 3 is 2.58 bits per heavy atom. The van der Waals surface area contributed by atoms with Gasteiger partial charge in [0.2, 0.25) is 5.91 Å². The number of aromatic nitrogens is 2. The molecule has 7 heteroatoms. The number of anilines is 1. The van der Waals surface area contributed by atoms with E-state index in [0.717, 1.165) is 11.6 Å². The maximum Gasteiger partial charge on any atom is 0.244 e. The number of hydrogen-bond donors (Lipinski definition) is 3. The number of nitrogens with zero attached hydrogens (tertiary/aromatic N) is 1. The van der Waals surface area contributed by atoms with E-state index in [0.29, 0.717) is 17.2 Å². The van der Waals surface area contributed by atoms with Crippen LogP contribution in [0.25, 0.3) is 0 Å². The van der Waals surface area contributed by atoms with Crippen LogP contribution in [0.4, 0.5) is 5.82 Å². The van der Waals surface area contributed by atoms with E-state index in [1.54, 1.807) is 0 Å². The first-order chi connectivity index (χ1) is 10.8. The zero-order valence-corrected chi connectivity index (χ0v) is 15.9. The molecule has 4 N–H and O–H groups in total. The van der Waals surface area contributed by atoms with Crippen molar-refractivity contribution >= 4 is 24.1 Å². The standard InChI is InChI=1S/C17H30N4O2.ClH/c1-17(2,3)12-7-5-11(6-8-12)14-9-15(21-20-14)19-16(22)13(18)10-23-4;/h9,11-13H,5-8,10,18H2,1-4H3,(H2,19,20,21,22);1H. The van der Waals surface area contributed by atoms with E-state index in [4.69, 9.17) is 10.5 Å². The fraction of sp³-hybridized carbons (Fsp3) is 0.765. The van der Waals surface area contributed by atoms with E-state index in [9.17, 15) is 4.79 Å². The summed E-state index contributed by atoms with van der Waals surface area (Å²) in [5.74, 6) is 1.54. The van der Waals surface area contributed by atoms with Gasteiger partial charge in [-0.3, -0.25) is 9.89 Å². The molecule has 1 aromatic heterocycles. The number of carbonyl (C=O) groups is 1. The smallest absolute Gasteiger partial charge is 0.244 e. The molecule has 1 unspecified atom stereocenters. The second-order valence-electron chi connectivity index (χ2n) is 7.67. The molecule has 1 aliphatic rings. The van der Waals surface area contributed by atoms with Gasteiger partial charge >= 0.3 is 0 Å². The third-order valence-corrected chi connectivity index (χ3v) is 4.92. The van der Waals surface area contributed by atoms with Crippen molar-refractivity contribution in [2.24, 2.45) is 17.1 Å². The number of nitrogens with two attached hydrogens (primary N) is 1. The molecule has 1 amide bonds. The molecule has 138 valence electrons. The summed E-state index contributed by atoms with van der Waals surface area (Å²) in [7, 11) is 1.52. The molecule has 1 aromatic rings. The van der Waals surface area contributed by atoms with Crippen molar-refractivity contribution in [2.75, 3.05) is 19.0 Å². The van der Waals surface area contributed by atoms with Crippen LogP contribution >= 0.6 is 12.4 Å². The average molecular weight is 359 g/mol. The fourth-order valence-corrected chi connectivity index (χ4v) is 3.35. The summed E-state index contributed by atoms with van der Waals surface area (Å²) in [4.78, 5) is 11.9. The summed E-state index contributed by atoms with van der Waals surface area (Å²) in [6.07, 6.45) is 4.82. The number of amides is 1. The quantitative estimate of drug-likeness (QED) is 0.754. The number of nitrogens with one attached hydrogen (secondary N) is 2. The zero-order chi connectivity index (χ0) is 17.0. The van der Waals surface area contributed by atoms with E-state index >= 15 is 0 Å². The van der Waals surface area contributed by atoms with Gasteiger partial charge in [-0.05, 0) is 37.0 Å². The summed E-state index contributed by atoms with van der Waals surface area (Å²) < 4.78 is 4.89. The number of halogens is 1. The van der Waals surface area contributed by atoms with Gasteiger partial charge in [-0.2, -0.15) is 5.10 Å². The van der Waals surface area contributed by atoms with Crippen LogP contribution < -0.4 is 11.1 Å². The van der Waals surface area contributed by atoms with Gasteiger partial charge in [-0.1, -0.05) is 20.8 Å². The van der Waals surface area contributed by atoms with Crippen LogP contribution in [0.2, 0.25) is 0 Å². The summed E-state index contributed by atoms with van der Waals surface area (Å²) >= 11 is 0. The summed E-state index contributed by atoms with van der Waals surface area (Å²) in [5.41, 5.74) is 7.20. The van der Waals surface area contributed by atoms with Gasteiger partial charge in [0.25, 0.3) is 0 Å². The maximum absolute atomic E-state index is 11.9. The monoisotopic (exact) mass is 358 g/mol. The lowest BCUT2D eigenvalue weighted by Gasteiger charge is -2.36. The van der Waals surface area contributed by atoms with Gasteiger partial charge in [0.1, 0.15) is 6.04 Å². The molecule has 1 heterocycles. The Morgan fingerprint density at radius 2 is 2.04 bits per heavy atom. The van der Waals surface area contributed by atoms with E-state index < -0.39 is 6.04 Å². The number of ether oxygens (including phenoxy) is 1. The highest BCUT2D eigenvalue weighted by Gasteiger charge is 2.30. The number of methoxy groups -OCH3 is 1. The van der Waals surface area contributed by atoms with Crippen LogP contribution in [0.3, 0.4) is 0 Å². The largest absolute Gasteiger partial charge is 0.383 e. The molecule has 2 rings (SSSR count). The van der Waals surface area contributed by atoms with E-state index in [-0.39, 0.29) is 24.9 Å². The maximum atomic E-state index is 11.9. The molecule has 1 aliphatic carbocycles. The van der Waals surface area contributed by atoms with Crippen LogP contribution in [0, 0.1) is 11.3 Å². The first-order valence-electron chi connectivity index (χ1n) is 8.42. The number of aromatic amines is 1. The van der Waals surface area contributed by atoms with Gasteiger partial charge in [0.05, 0.1) is 6.61 Å². The third kappa shape index (κ3) is 5.46. The summed E-state index contributed by atoms with van der Waals surface area (Å²) in [6.45, 7) is 7.17. The highest BCUT2D eigenvalue weighted by molar-refractivity contribution is 5.94. The highest BCUT2D eigenvalue weighted by Crippen LogP contribution is 2.42. The zero-order valence-electron chi connectivity index (χ0n) is 15.1. The minimum absolute atomic E-state index is 0. The minimum atomic E-state index is -0.678. The van der Waals surface area contributed by atoms with Crippen LogP contribution in [-0.4, -0.2) is 35.9 Å². The molecule has 0 spiro atoms. The van der Waals surface area contributed by atoms with Crippen molar-refractivity contribution < 1.29 is 9.53 Å². The third-order valence-electron chi connectivity index (χ3n) is 4.92. The molecule has 0 radical (unpaired) electrons. The number of carbonyl (C=O) groups excluding carboxylic acids is 1. The Kier molecular flexibility index (Phi) is 7.70. The molecule has 1 fully saturated rings. The number of rotatable bonds is 5. The van der Waals surface area contributed by atoms with Crippen molar-refractivity contribution in [3.63, 3.8) is 0 Å². The predicted octanol–water partition coefficient (Wildman–Crippen LogP) is 3.06. The molecule has 0 aromatic carbocycles. The van der Waals surface area contributed by atoms with Crippen molar-refractivity contribution in [1.29, 1.82) is 0 Å². The fourth-order valence-electron chi connectivity index (χ4n) is 3.35. The van der Waals surface area contributed by atoms with E-state index in [1.807, 2.05) is 6.07 Å². The molecule has 0 bridgehead atoms. The average Bonchev–Trinajstić information content (AvgIpc) is 2.95. The Labute approximate surface area is 150 Å². The topological polar surface area (TPSA) is 93.0 Å². The van der Waals surface area contributed by atoms with Crippen LogP contribution in [0.15, 0.2) is 6.07 Å². The first-order valence-corrected chi connectivity index (χ1v) is 8.42. The Morgan fingerprint density at radius 1 is 1.42 bits per heavy atom. The SMILES string of the molecule is COCC(N)C(=O)Nc1cc(C2CCC(C(C)(C)C)CC2)[nH]n1.Cl. The Hall–Kier alpha value is -1.11. The molecule has 1 atom stereocenters. The van der Waals surface area contributed by atoms with Crippen molar-refractivity contribution in [3.05, 3.63) is 11.8 Å². The second kappa shape index (κ2) is 8.83. The van der Waals surface area contributed by atoms with Gasteiger partial charge in [-0.15, -0.1) is 12.4 Å². The van der Waals surface area contributed by atoms with Crippen LogP contribution in [0.1, 0.15) is 58.1 Å². The molecular weight excluding hydrogens is 328 g/mol.